The molecule has 1 fully saturated rings. The van der Waals surface area contributed by atoms with Crippen LogP contribution in [-0.2, 0) is 14.3 Å². The van der Waals surface area contributed by atoms with E-state index in [0.717, 1.165) is 23.2 Å². The summed E-state index contributed by atoms with van der Waals surface area (Å²) in [5.41, 5.74) is 8.40. The van der Waals surface area contributed by atoms with Crippen LogP contribution in [0.4, 0.5) is 5.69 Å². The minimum absolute atomic E-state index is 0.0241. The largest absolute Gasteiger partial charge is 0.364 e. The number of hydrogen-bond acceptors (Lipinski definition) is 4. The Kier molecular flexibility index (Phi) is 6.34. The van der Waals surface area contributed by atoms with Crippen LogP contribution in [0.1, 0.15) is 30.9 Å². The Balaban J connectivity index is 1.97. The van der Waals surface area contributed by atoms with E-state index in [1.165, 1.54) is 4.90 Å². The minimum atomic E-state index is -0.480. The highest BCUT2D eigenvalue weighted by atomic mass is 16.5. The van der Waals surface area contributed by atoms with Gasteiger partial charge in [-0.3, -0.25) is 9.59 Å². The van der Waals surface area contributed by atoms with Crippen LogP contribution >= 0.6 is 0 Å². The first kappa shape index (κ1) is 18.4. The summed E-state index contributed by atoms with van der Waals surface area (Å²) in [6, 6.07) is 5.85. The molecule has 1 saturated heterocycles. The fraction of sp³-hybridized carbons (Fsp3) is 0.556. The SMILES string of the molecule is CCN(CC(=O)Nc1c(C)cccc1C)C(=O)[C@@H]1CC[C@H](CN)O1. The number of aryl methyl sites for hydroxylation is 2. The fourth-order valence-corrected chi connectivity index (χ4v) is 2.97. The molecule has 0 saturated carbocycles. The second-order valence-corrected chi connectivity index (χ2v) is 6.23. The van der Waals surface area contributed by atoms with E-state index in [-0.39, 0.29) is 24.5 Å². The van der Waals surface area contributed by atoms with Gasteiger partial charge in [0.2, 0.25) is 5.91 Å². The van der Waals surface area contributed by atoms with Crippen LogP contribution < -0.4 is 11.1 Å². The predicted octanol–water partition coefficient (Wildman–Crippen LogP) is 1.60. The van der Waals surface area contributed by atoms with Gasteiger partial charge in [0.25, 0.3) is 5.91 Å². The first-order valence-electron chi connectivity index (χ1n) is 8.46. The summed E-state index contributed by atoms with van der Waals surface area (Å²) < 4.78 is 5.65. The van der Waals surface area contributed by atoms with E-state index in [0.29, 0.717) is 19.5 Å². The molecule has 6 heteroatoms. The third kappa shape index (κ3) is 4.33. The van der Waals surface area contributed by atoms with Crippen molar-refractivity contribution < 1.29 is 14.3 Å². The van der Waals surface area contributed by atoms with Gasteiger partial charge in [-0.2, -0.15) is 0 Å². The molecule has 0 spiro atoms. The highest BCUT2D eigenvalue weighted by Crippen LogP contribution is 2.21. The van der Waals surface area contributed by atoms with Crippen molar-refractivity contribution in [2.75, 3.05) is 25.0 Å². The van der Waals surface area contributed by atoms with Gasteiger partial charge in [-0.25, -0.2) is 0 Å². The van der Waals surface area contributed by atoms with Crippen LogP contribution in [0.25, 0.3) is 0 Å². The maximum atomic E-state index is 12.5. The first-order chi connectivity index (χ1) is 11.5. The van der Waals surface area contributed by atoms with Crippen LogP contribution in [0, 0.1) is 13.8 Å². The minimum Gasteiger partial charge on any atom is -0.364 e. The second-order valence-electron chi connectivity index (χ2n) is 6.23. The number of para-hydroxylation sites is 1. The molecule has 2 rings (SSSR count). The number of hydrogen-bond donors (Lipinski definition) is 2. The number of ether oxygens (including phenoxy) is 1. The number of carbonyl (C=O) groups excluding carboxylic acids is 2. The molecule has 1 aromatic carbocycles. The average Bonchev–Trinajstić information content (AvgIpc) is 3.04. The summed E-state index contributed by atoms with van der Waals surface area (Å²) in [4.78, 5) is 26.4. The van der Waals surface area contributed by atoms with Gasteiger partial charge in [0.05, 0.1) is 12.6 Å². The molecular weight excluding hydrogens is 306 g/mol. The van der Waals surface area contributed by atoms with Crippen molar-refractivity contribution in [2.45, 2.75) is 45.8 Å². The number of amides is 2. The standard InChI is InChI=1S/C18H27N3O3/c1-4-21(18(23)15-9-8-14(10-19)24-15)11-16(22)20-17-12(2)6-5-7-13(17)3/h5-7,14-15H,4,8-11,19H2,1-3H3,(H,20,22)/t14-,15+/m1/s1. The van der Waals surface area contributed by atoms with Crippen molar-refractivity contribution in [3.05, 3.63) is 29.3 Å². The third-order valence-electron chi connectivity index (χ3n) is 4.42. The van der Waals surface area contributed by atoms with Crippen LogP contribution in [-0.4, -0.2) is 48.6 Å². The Labute approximate surface area is 143 Å². The zero-order chi connectivity index (χ0) is 17.7. The van der Waals surface area contributed by atoms with Crippen molar-refractivity contribution in [2.24, 2.45) is 5.73 Å². The Morgan fingerprint density at radius 1 is 1.29 bits per heavy atom. The van der Waals surface area contributed by atoms with E-state index in [2.05, 4.69) is 5.32 Å². The van der Waals surface area contributed by atoms with E-state index < -0.39 is 6.10 Å². The van der Waals surface area contributed by atoms with Crippen molar-refractivity contribution in [3.8, 4) is 0 Å². The monoisotopic (exact) mass is 333 g/mol. The maximum Gasteiger partial charge on any atom is 0.252 e. The lowest BCUT2D eigenvalue weighted by atomic mass is 10.1. The summed E-state index contributed by atoms with van der Waals surface area (Å²) in [5, 5.41) is 2.92. The highest BCUT2D eigenvalue weighted by molar-refractivity contribution is 5.96. The lowest BCUT2D eigenvalue weighted by molar-refractivity contribution is -0.144. The Morgan fingerprint density at radius 3 is 2.50 bits per heavy atom. The topological polar surface area (TPSA) is 84.7 Å². The van der Waals surface area contributed by atoms with Gasteiger partial charge in [-0.15, -0.1) is 0 Å². The van der Waals surface area contributed by atoms with Crippen molar-refractivity contribution in [1.82, 2.24) is 4.90 Å². The third-order valence-corrected chi connectivity index (χ3v) is 4.42. The molecule has 2 amide bonds. The molecule has 132 valence electrons. The molecule has 6 nitrogen and oxygen atoms in total. The molecule has 1 aliphatic heterocycles. The van der Waals surface area contributed by atoms with Gasteiger partial charge in [-0.1, -0.05) is 18.2 Å². The summed E-state index contributed by atoms with van der Waals surface area (Å²) in [6.07, 6.45) is 0.919. The summed E-state index contributed by atoms with van der Waals surface area (Å²) in [6.45, 7) is 6.67. The quantitative estimate of drug-likeness (QED) is 0.828. The highest BCUT2D eigenvalue weighted by Gasteiger charge is 2.33. The Hall–Kier alpha value is -1.92. The van der Waals surface area contributed by atoms with Crippen LogP contribution in [0.5, 0.6) is 0 Å². The number of likely N-dealkylation sites (N-methyl/N-ethyl adjacent to an activating group) is 1. The predicted molar refractivity (Wildman–Crippen MR) is 93.7 cm³/mol. The summed E-state index contributed by atoms with van der Waals surface area (Å²) in [5.74, 6) is -0.332. The fourth-order valence-electron chi connectivity index (χ4n) is 2.97. The Morgan fingerprint density at radius 2 is 1.96 bits per heavy atom. The van der Waals surface area contributed by atoms with Gasteiger partial charge in [0, 0.05) is 18.8 Å². The van der Waals surface area contributed by atoms with Crippen LogP contribution in [0.2, 0.25) is 0 Å². The molecule has 1 aliphatic rings. The van der Waals surface area contributed by atoms with Gasteiger partial charge >= 0.3 is 0 Å². The first-order valence-corrected chi connectivity index (χ1v) is 8.46. The smallest absolute Gasteiger partial charge is 0.252 e. The van der Waals surface area contributed by atoms with Gasteiger partial charge in [-0.05, 0) is 44.7 Å². The molecule has 0 bridgehead atoms. The summed E-state index contributed by atoms with van der Waals surface area (Å²) in [7, 11) is 0. The van der Waals surface area contributed by atoms with E-state index in [9.17, 15) is 9.59 Å². The van der Waals surface area contributed by atoms with E-state index in [1.807, 2.05) is 39.0 Å². The molecule has 1 aromatic rings. The molecule has 1 heterocycles. The molecule has 0 aromatic heterocycles. The molecule has 2 atom stereocenters. The van der Waals surface area contributed by atoms with Crippen molar-refractivity contribution in [3.63, 3.8) is 0 Å². The van der Waals surface area contributed by atoms with E-state index in [1.54, 1.807) is 0 Å². The molecule has 3 N–H and O–H groups in total. The Bertz CT molecular complexity index is 583. The number of rotatable bonds is 6. The van der Waals surface area contributed by atoms with E-state index >= 15 is 0 Å². The lowest BCUT2D eigenvalue weighted by Crippen LogP contribution is -2.43. The van der Waals surface area contributed by atoms with Crippen LogP contribution in [0.15, 0.2) is 18.2 Å². The number of nitrogens with zero attached hydrogens (tertiary/aromatic N) is 1. The summed E-state index contributed by atoms with van der Waals surface area (Å²) >= 11 is 0. The van der Waals surface area contributed by atoms with Crippen molar-refractivity contribution in [1.29, 1.82) is 0 Å². The molecular formula is C18H27N3O3. The normalized spacial score (nSPS) is 20.0. The molecule has 0 unspecified atom stereocenters. The van der Waals surface area contributed by atoms with Gasteiger partial charge in [0.15, 0.2) is 0 Å². The number of nitrogens with one attached hydrogen (secondary N) is 1. The van der Waals surface area contributed by atoms with Gasteiger partial charge < -0.3 is 20.7 Å². The zero-order valence-electron chi connectivity index (χ0n) is 14.7. The number of anilines is 1. The molecule has 0 aliphatic carbocycles. The molecule has 0 radical (unpaired) electrons. The average molecular weight is 333 g/mol. The van der Waals surface area contributed by atoms with Crippen LogP contribution in [0.3, 0.4) is 0 Å². The van der Waals surface area contributed by atoms with Gasteiger partial charge in [0.1, 0.15) is 6.10 Å². The number of carbonyl (C=O) groups is 2. The second kappa shape index (κ2) is 8.26. The van der Waals surface area contributed by atoms with E-state index in [4.69, 9.17) is 10.5 Å². The number of nitrogens with two attached hydrogens (primary N) is 1. The number of benzene rings is 1. The lowest BCUT2D eigenvalue weighted by Gasteiger charge is -2.24. The zero-order valence-corrected chi connectivity index (χ0v) is 14.7. The van der Waals surface area contributed by atoms with Crippen molar-refractivity contribution >= 4 is 17.5 Å². The maximum absolute atomic E-state index is 12.5. The molecule has 24 heavy (non-hydrogen) atoms.